The second-order valence-corrected chi connectivity index (χ2v) is 6.94. The molecule has 1 unspecified atom stereocenters. The summed E-state index contributed by atoms with van der Waals surface area (Å²) in [7, 11) is 0. The molecule has 1 aromatic rings. The van der Waals surface area contributed by atoms with E-state index in [1.807, 2.05) is 30.0 Å². The third kappa shape index (κ3) is 3.78. The van der Waals surface area contributed by atoms with Gasteiger partial charge >= 0.3 is 0 Å². The number of anilines is 1. The maximum Gasteiger partial charge on any atom is 0.226 e. The van der Waals surface area contributed by atoms with E-state index in [2.05, 4.69) is 22.9 Å². The Bertz CT molecular complexity index is 556. The fraction of sp³-hybridized carbons (Fsp3) is 0.556. The summed E-state index contributed by atoms with van der Waals surface area (Å²) in [6.45, 7) is 4.88. The van der Waals surface area contributed by atoms with E-state index >= 15 is 0 Å². The Kier molecular flexibility index (Phi) is 6.18. The second kappa shape index (κ2) is 7.91. The smallest absolute Gasteiger partial charge is 0.226 e. The van der Waals surface area contributed by atoms with Gasteiger partial charge in [0.1, 0.15) is 0 Å². The number of hydrogen-bond acceptors (Lipinski definition) is 2. The van der Waals surface area contributed by atoms with Crippen LogP contribution >= 0.6 is 15.9 Å². The summed E-state index contributed by atoms with van der Waals surface area (Å²) in [6.07, 6.45) is 5.25. The molecule has 0 fully saturated rings. The number of unbranched alkanes of at least 4 members (excludes halogenated alkanes) is 1. The van der Waals surface area contributed by atoms with Crippen molar-refractivity contribution in [3.05, 3.63) is 29.3 Å². The lowest BCUT2D eigenvalue weighted by Gasteiger charge is -2.30. The number of amides is 1. The summed E-state index contributed by atoms with van der Waals surface area (Å²) < 4.78 is 0. The van der Waals surface area contributed by atoms with Crippen molar-refractivity contribution in [1.29, 1.82) is 0 Å². The van der Waals surface area contributed by atoms with Gasteiger partial charge in [0, 0.05) is 24.2 Å². The van der Waals surface area contributed by atoms with Crippen LogP contribution in [0.1, 0.15) is 61.9 Å². The van der Waals surface area contributed by atoms with Crippen LogP contribution in [-0.2, 0) is 11.2 Å². The lowest BCUT2D eigenvalue weighted by molar-refractivity contribution is -0.118. The number of carbonyl (C=O) groups is 2. The van der Waals surface area contributed by atoms with Gasteiger partial charge in [-0.15, -0.1) is 0 Å². The Morgan fingerprint density at radius 3 is 2.77 bits per heavy atom. The minimum atomic E-state index is -0.128. The first-order valence-electron chi connectivity index (χ1n) is 8.20. The fourth-order valence-corrected chi connectivity index (χ4v) is 3.10. The number of alkyl halides is 1. The van der Waals surface area contributed by atoms with Crippen molar-refractivity contribution in [2.24, 2.45) is 0 Å². The molecule has 1 aliphatic heterocycles. The monoisotopic (exact) mass is 365 g/mol. The maximum absolute atomic E-state index is 12.3. The minimum absolute atomic E-state index is 0.125. The van der Waals surface area contributed by atoms with Crippen LogP contribution in [0.5, 0.6) is 0 Å². The van der Waals surface area contributed by atoms with Gasteiger partial charge in [-0.3, -0.25) is 9.59 Å². The number of ketones is 1. The molecule has 0 radical (unpaired) electrons. The average Bonchev–Trinajstić information content (AvgIpc) is 2.57. The molecule has 4 heteroatoms. The van der Waals surface area contributed by atoms with Crippen LogP contribution in [0.25, 0.3) is 0 Å². The number of nitrogens with zero attached hydrogens (tertiary/aromatic N) is 1. The summed E-state index contributed by atoms with van der Waals surface area (Å²) in [5, 5.41) is 0. The zero-order chi connectivity index (χ0) is 16.1. The molecule has 1 aromatic carbocycles. The molecule has 2 rings (SSSR count). The van der Waals surface area contributed by atoms with Gasteiger partial charge in [-0.1, -0.05) is 36.2 Å². The molecule has 22 heavy (non-hydrogen) atoms. The number of halogens is 1. The van der Waals surface area contributed by atoms with Crippen molar-refractivity contribution in [1.82, 2.24) is 0 Å². The molecule has 0 saturated heterocycles. The molecule has 0 spiro atoms. The Morgan fingerprint density at radius 1 is 1.32 bits per heavy atom. The van der Waals surface area contributed by atoms with Gasteiger partial charge in [-0.25, -0.2) is 0 Å². The summed E-state index contributed by atoms with van der Waals surface area (Å²) >= 11 is 3.42. The predicted molar refractivity (Wildman–Crippen MR) is 94.0 cm³/mol. The van der Waals surface area contributed by atoms with Crippen molar-refractivity contribution >= 4 is 33.3 Å². The third-order valence-electron chi connectivity index (χ3n) is 4.17. The molecule has 0 bridgehead atoms. The second-order valence-electron chi connectivity index (χ2n) is 5.84. The number of hydrogen-bond donors (Lipinski definition) is 0. The van der Waals surface area contributed by atoms with Crippen molar-refractivity contribution in [2.75, 3.05) is 11.4 Å². The number of fused-ring (bicyclic) bond motifs is 1. The first-order chi connectivity index (χ1) is 10.6. The van der Waals surface area contributed by atoms with E-state index < -0.39 is 0 Å². The highest BCUT2D eigenvalue weighted by Gasteiger charge is 2.24. The first kappa shape index (κ1) is 17.2. The largest absolute Gasteiger partial charge is 0.312 e. The van der Waals surface area contributed by atoms with E-state index in [0.717, 1.165) is 55.5 Å². The van der Waals surface area contributed by atoms with Crippen LogP contribution < -0.4 is 4.90 Å². The zero-order valence-corrected chi connectivity index (χ0v) is 15.0. The molecule has 1 heterocycles. The Labute approximate surface area is 141 Å². The molecule has 0 N–H and O–H groups in total. The molecular formula is C18H24BrNO2. The van der Waals surface area contributed by atoms with E-state index in [4.69, 9.17) is 0 Å². The summed E-state index contributed by atoms with van der Waals surface area (Å²) in [5.41, 5.74) is 2.86. The molecule has 0 saturated carbocycles. The van der Waals surface area contributed by atoms with Gasteiger partial charge in [-0.05, 0) is 49.4 Å². The van der Waals surface area contributed by atoms with Gasteiger partial charge in [0.15, 0.2) is 5.78 Å². The number of Topliss-reactive ketones (excluding diaryl/α,β-unsaturated/α-hetero) is 1. The highest BCUT2D eigenvalue weighted by Crippen LogP contribution is 2.29. The number of aryl methyl sites for hydroxylation is 1. The van der Waals surface area contributed by atoms with Crippen LogP contribution in [0.4, 0.5) is 5.69 Å². The Balaban J connectivity index is 2.23. The molecule has 1 amide bonds. The van der Waals surface area contributed by atoms with Crippen LogP contribution in [0.3, 0.4) is 0 Å². The number of rotatable bonds is 6. The fourth-order valence-electron chi connectivity index (χ4n) is 2.84. The Morgan fingerprint density at radius 2 is 2.09 bits per heavy atom. The normalized spacial score (nSPS) is 15.3. The highest BCUT2D eigenvalue weighted by molar-refractivity contribution is 9.10. The quantitative estimate of drug-likeness (QED) is 0.549. The topological polar surface area (TPSA) is 37.4 Å². The van der Waals surface area contributed by atoms with Crippen LogP contribution in [-0.4, -0.2) is 23.1 Å². The van der Waals surface area contributed by atoms with Crippen molar-refractivity contribution in [3.63, 3.8) is 0 Å². The summed E-state index contributed by atoms with van der Waals surface area (Å²) in [5.74, 6) is 0.327. The standard InChI is InChI=1S/C18H24BrNO2/c1-3-5-8-17(21)20-11-6-7-13-12-14(9-10-16(13)20)18(22)15(19)4-2/h9-10,12,15H,3-8,11H2,1-2H3. The molecular weight excluding hydrogens is 342 g/mol. The van der Waals surface area contributed by atoms with Gasteiger partial charge < -0.3 is 4.90 Å². The zero-order valence-electron chi connectivity index (χ0n) is 13.4. The SMILES string of the molecule is CCCCC(=O)N1CCCc2cc(C(=O)C(Br)CC)ccc21. The third-order valence-corrected chi connectivity index (χ3v) is 5.23. The van der Waals surface area contributed by atoms with E-state index in [0.29, 0.717) is 6.42 Å². The molecule has 1 atom stereocenters. The van der Waals surface area contributed by atoms with Crippen LogP contribution in [0.2, 0.25) is 0 Å². The number of carbonyl (C=O) groups excluding carboxylic acids is 2. The summed E-state index contributed by atoms with van der Waals surface area (Å²) in [6, 6.07) is 5.78. The van der Waals surface area contributed by atoms with Crippen molar-refractivity contribution in [2.45, 2.75) is 57.2 Å². The van der Waals surface area contributed by atoms with Gasteiger partial charge in [0.2, 0.25) is 5.91 Å². The first-order valence-corrected chi connectivity index (χ1v) is 9.11. The lowest BCUT2D eigenvalue weighted by atomic mass is 9.96. The molecule has 1 aliphatic rings. The van der Waals surface area contributed by atoms with E-state index in [-0.39, 0.29) is 16.5 Å². The van der Waals surface area contributed by atoms with Crippen molar-refractivity contribution < 1.29 is 9.59 Å². The van der Waals surface area contributed by atoms with Crippen LogP contribution in [0.15, 0.2) is 18.2 Å². The summed E-state index contributed by atoms with van der Waals surface area (Å²) in [4.78, 5) is 26.4. The molecule has 0 aromatic heterocycles. The van der Waals surface area contributed by atoms with Crippen LogP contribution in [0, 0.1) is 0 Å². The van der Waals surface area contributed by atoms with E-state index in [9.17, 15) is 9.59 Å². The Hall–Kier alpha value is -1.16. The average molecular weight is 366 g/mol. The minimum Gasteiger partial charge on any atom is -0.312 e. The molecule has 120 valence electrons. The molecule has 0 aliphatic carbocycles. The lowest BCUT2D eigenvalue weighted by Crippen LogP contribution is -2.35. The van der Waals surface area contributed by atoms with E-state index in [1.54, 1.807) is 0 Å². The highest BCUT2D eigenvalue weighted by atomic mass is 79.9. The van der Waals surface area contributed by atoms with Gasteiger partial charge in [0.25, 0.3) is 0 Å². The number of benzene rings is 1. The van der Waals surface area contributed by atoms with Crippen molar-refractivity contribution in [3.8, 4) is 0 Å². The maximum atomic E-state index is 12.3. The predicted octanol–water partition coefficient (Wildman–Crippen LogP) is 4.51. The molecule has 3 nitrogen and oxygen atoms in total. The van der Waals surface area contributed by atoms with E-state index in [1.165, 1.54) is 0 Å². The van der Waals surface area contributed by atoms with Gasteiger partial charge in [0.05, 0.1) is 4.83 Å². The van der Waals surface area contributed by atoms with Gasteiger partial charge in [-0.2, -0.15) is 0 Å².